The summed E-state index contributed by atoms with van der Waals surface area (Å²) in [5.41, 5.74) is -0.453. The first kappa shape index (κ1) is 20.9. The van der Waals surface area contributed by atoms with Gasteiger partial charge in [0.05, 0.1) is 13.2 Å². The Morgan fingerprint density at radius 2 is 1.88 bits per heavy atom. The number of hydrogen-bond donors (Lipinski definition) is 1. The van der Waals surface area contributed by atoms with Gasteiger partial charge in [-0.2, -0.15) is 0 Å². The van der Waals surface area contributed by atoms with Crippen molar-refractivity contribution in [3.8, 4) is 0 Å². The van der Waals surface area contributed by atoms with Gasteiger partial charge < -0.3 is 19.5 Å². The van der Waals surface area contributed by atoms with E-state index >= 15 is 0 Å². The predicted molar refractivity (Wildman–Crippen MR) is 95.1 cm³/mol. The van der Waals surface area contributed by atoms with Crippen LogP contribution >= 0.6 is 0 Å². The molecule has 1 fully saturated rings. The number of hydrogen-bond acceptors (Lipinski definition) is 5. The third kappa shape index (κ3) is 7.15. The molecule has 1 aliphatic heterocycles. The molecule has 1 heterocycles. The van der Waals surface area contributed by atoms with E-state index in [-0.39, 0.29) is 5.91 Å². The molecule has 1 rings (SSSR count). The highest BCUT2D eigenvalue weighted by atomic mass is 28.3. The summed E-state index contributed by atoms with van der Waals surface area (Å²) in [7, 11) is -1.22. The number of amides is 1. The zero-order valence-corrected chi connectivity index (χ0v) is 16.9. The summed E-state index contributed by atoms with van der Waals surface area (Å²) in [6.07, 6.45) is 1.87. The number of rotatable bonds is 6. The highest BCUT2D eigenvalue weighted by molar-refractivity contribution is 6.76. The van der Waals surface area contributed by atoms with Crippen LogP contribution < -0.4 is 5.32 Å². The Bertz CT molecular complexity index is 494. The van der Waals surface area contributed by atoms with Crippen LogP contribution in [0.1, 0.15) is 27.7 Å². The number of carbonyl (C=O) groups is 2. The summed E-state index contributed by atoms with van der Waals surface area (Å²) in [6, 6.07) is 0.915. The minimum absolute atomic E-state index is 0.303. The Morgan fingerprint density at radius 1 is 1.25 bits per heavy atom. The van der Waals surface area contributed by atoms with Gasteiger partial charge in [-0.1, -0.05) is 33.5 Å². The maximum Gasteiger partial charge on any atom is 0.332 e. The van der Waals surface area contributed by atoms with Crippen molar-refractivity contribution < 1.29 is 23.8 Å². The SMILES string of the molecule is CC1(C)OCC(C)(C)[C@H](C(=O)N/C=C\C(=O)OCC[Si](C)(C)C)O1. The van der Waals surface area contributed by atoms with E-state index in [1.54, 1.807) is 13.8 Å². The fraction of sp³-hybridized carbons (Fsp3) is 0.765. The fourth-order valence-corrected chi connectivity index (χ4v) is 2.81. The highest BCUT2D eigenvalue weighted by Crippen LogP contribution is 2.34. The summed E-state index contributed by atoms with van der Waals surface area (Å²) in [4.78, 5) is 24.0. The molecule has 1 amide bonds. The maximum atomic E-state index is 12.3. The Balaban J connectivity index is 2.48. The van der Waals surface area contributed by atoms with Crippen molar-refractivity contribution in [2.75, 3.05) is 13.2 Å². The Morgan fingerprint density at radius 3 is 2.46 bits per heavy atom. The lowest BCUT2D eigenvalue weighted by Crippen LogP contribution is -2.55. The molecule has 6 nitrogen and oxygen atoms in total. The quantitative estimate of drug-likeness (QED) is 0.449. The highest BCUT2D eigenvalue weighted by Gasteiger charge is 2.45. The van der Waals surface area contributed by atoms with Gasteiger partial charge >= 0.3 is 5.97 Å². The van der Waals surface area contributed by atoms with Crippen molar-refractivity contribution >= 4 is 20.0 Å². The predicted octanol–water partition coefficient (Wildman–Crippen LogP) is 2.68. The normalized spacial score (nSPS) is 23.0. The molecule has 7 heteroatoms. The minimum atomic E-state index is -1.22. The second-order valence-corrected chi connectivity index (χ2v) is 14.1. The first-order valence-electron chi connectivity index (χ1n) is 8.28. The van der Waals surface area contributed by atoms with Gasteiger partial charge in [0, 0.05) is 25.8 Å². The number of esters is 1. The largest absolute Gasteiger partial charge is 0.463 e. The Hall–Kier alpha value is -1.18. The van der Waals surface area contributed by atoms with Gasteiger partial charge in [0.2, 0.25) is 0 Å². The average Bonchev–Trinajstić information content (AvgIpc) is 2.40. The second-order valence-electron chi connectivity index (χ2n) is 8.50. The van der Waals surface area contributed by atoms with E-state index in [1.807, 2.05) is 13.8 Å². The molecule has 1 aliphatic rings. The smallest absolute Gasteiger partial charge is 0.332 e. The van der Waals surface area contributed by atoms with Gasteiger partial charge in [0.15, 0.2) is 5.79 Å². The van der Waals surface area contributed by atoms with Gasteiger partial charge in [0.1, 0.15) is 6.10 Å². The molecule has 0 aromatic carbocycles. The average molecular weight is 358 g/mol. The minimum Gasteiger partial charge on any atom is -0.463 e. The van der Waals surface area contributed by atoms with Crippen LogP contribution in [0.5, 0.6) is 0 Å². The first-order chi connectivity index (χ1) is 10.8. The molecule has 1 atom stereocenters. The van der Waals surface area contributed by atoms with Crippen LogP contribution in [0.3, 0.4) is 0 Å². The van der Waals surface area contributed by atoms with Gasteiger partial charge in [-0.05, 0) is 19.9 Å². The van der Waals surface area contributed by atoms with Crippen molar-refractivity contribution in [1.29, 1.82) is 0 Å². The molecule has 0 aliphatic carbocycles. The third-order valence-electron chi connectivity index (χ3n) is 3.68. The van der Waals surface area contributed by atoms with Gasteiger partial charge in [0.25, 0.3) is 5.91 Å². The van der Waals surface area contributed by atoms with E-state index in [9.17, 15) is 9.59 Å². The van der Waals surface area contributed by atoms with E-state index in [0.717, 1.165) is 6.04 Å². The van der Waals surface area contributed by atoms with Crippen LogP contribution in [0, 0.1) is 5.41 Å². The number of nitrogens with one attached hydrogen (secondary N) is 1. The van der Waals surface area contributed by atoms with Crippen molar-refractivity contribution in [2.24, 2.45) is 5.41 Å². The van der Waals surface area contributed by atoms with Gasteiger partial charge in [-0.3, -0.25) is 4.79 Å². The molecule has 0 aromatic heterocycles. The molecular weight excluding hydrogens is 326 g/mol. The maximum absolute atomic E-state index is 12.3. The molecule has 0 bridgehead atoms. The topological polar surface area (TPSA) is 73.9 Å². The molecule has 0 unspecified atom stereocenters. The van der Waals surface area contributed by atoms with Crippen molar-refractivity contribution in [3.05, 3.63) is 12.3 Å². The summed E-state index contributed by atoms with van der Waals surface area (Å²) < 4.78 is 16.4. The fourth-order valence-electron chi connectivity index (χ4n) is 2.09. The van der Waals surface area contributed by atoms with Crippen LogP contribution in [0.2, 0.25) is 25.7 Å². The monoisotopic (exact) mass is 357 g/mol. The third-order valence-corrected chi connectivity index (χ3v) is 5.39. The van der Waals surface area contributed by atoms with Crippen LogP contribution in [0.25, 0.3) is 0 Å². The van der Waals surface area contributed by atoms with Crippen LogP contribution in [-0.4, -0.2) is 45.1 Å². The molecule has 1 saturated heterocycles. The van der Waals surface area contributed by atoms with Crippen molar-refractivity contribution in [2.45, 2.75) is 65.3 Å². The zero-order valence-electron chi connectivity index (χ0n) is 15.9. The number of ether oxygens (including phenoxy) is 3. The molecular formula is C17H31NO5Si. The van der Waals surface area contributed by atoms with Gasteiger partial charge in [-0.25, -0.2) is 4.79 Å². The Kier molecular flexibility index (Phi) is 6.78. The standard InChI is InChI=1S/C17H31NO5Si/c1-16(2)12-22-17(3,4)23-14(16)15(20)18-9-8-13(19)21-10-11-24(5,6)7/h8-9,14H,10-12H2,1-7H3,(H,18,20)/b9-8-/t14-/m0/s1. The summed E-state index contributed by atoms with van der Waals surface area (Å²) in [6.45, 7) is 14.8. The van der Waals surface area contributed by atoms with Gasteiger partial charge in [-0.15, -0.1) is 0 Å². The van der Waals surface area contributed by atoms with Crippen molar-refractivity contribution in [1.82, 2.24) is 5.32 Å². The lowest BCUT2D eigenvalue weighted by Gasteiger charge is -2.44. The lowest BCUT2D eigenvalue weighted by molar-refractivity contribution is -0.303. The van der Waals surface area contributed by atoms with Crippen LogP contribution in [-0.2, 0) is 23.8 Å². The van der Waals surface area contributed by atoms with Crippen LogP contribution in [0.4, 0.5) is 0 Å². The molecule has 1 N–H and O–H groups in total. The summed E-state index contributed by atoms with van der Waals surface area (Å²) in [5.74, 6) is -1.57. The van der Waals surface area contributed by atoms with E-state index in [4.69, 9.17) is 14.2 Å². The molecule has 0 aromatic rings. The number of carbonyl (C=O) groups excluding carboxylic acids is 2. The summed E-state index contributed by atoms with van der Waals surface area (Å²) in [5, 5.41) is 2.59. The van der Waals surface area contributed by atoms with Crippen molar-refractivity contribution in [3.63, 3.8) is 0 Å². The zero-order chi connectivity index (χ0) is 18.6. The molecule has 138 valence electrons. The van der Waals surface area contributed by atoms with E-state index < -0.39 is 31.3 Å². The molecule has 24 heavy (non-hydrogen) atoms. The van der Waals surface area contributed by atoms with E-state index in [2.05, 4.69) is 25.0 Å². The first-order valence-corrected chi connectivity index (χ1v) is 12.0. The molecule has 0 saturated carbocycles. The molecule has 0 radical (unpaired) electrons. The van der Waals surface area contributed by atoms with Crippen LogP contribution in [0.15, 0.2) is 12.3 Å². The van der Waals surface area contributed by atoms with E-state index in [0.29, 0.717) is 13.2 Å². The summed E-state index contributed by atoms with van der Waals surface area (Å²) >= 11 is 0. The molecule has 0 spiro atoms. The lowest BCUT2D eigenvalue weighted by atomic mass is 9.85. The second kappa shape index (κ2) is 7.80. The van der Waals surface area contributed by atoms with E-state index in [1.165, 1.54) is 12.3 Å². The Labute approximate surface area is 145 Å².